The lowest BCUT2D eigenvalue weighted by molar-refractivity contribution is 0.0955. The number of carbonyl (C=O) groups excluding carboxylic acids is 1. The van der Waals surface area contributed by atoms with Crippen molar-refractivity contribution in [1.29, 1.82) is 0 Å². The van der Waals surface area contributed by atoms with Crippen LogP contribution in [0.25, 0.3) is 11.4 Å². The molecule has 1 fully saturated rings. The van der Waals surface area contributed by atoms with Crippen LogP contribution in [0.5, 0.6) is 0 Å². The van der Waals surface area contributed by atoms with Crippen LogP contribution in [-0.2, 0) is 0 Å². The number of carbonyl (C=O) groups is 1. The molecule has 2 amide bonds. The Kier molecular flexibility index (Phi) is 4.34. The first-order valence-corrected chi connectivity index (χ1v) is 7.44. The normalized spacial score (nSPS) is 21.3. The summed E-state index contributed by atoms with van der Waals surface area (Å²) >= 11 is 0. The molecule has 7 nitrogen and oxygen atoms in total. The third kappa shape index (κ3) is 3.25. The number of aromatic amines is 1. The molecule has 0 bridgehead atoms. The van der Waals surface area contributed by atoms with E-state index in [-0.39, 0.29) is 12.1 Å². The number of urea groups is 1. The summed E-state index contributed by atoms with van der Waals surface area (Å²) in [4.78, 5) is 16.3. The quantitative estimate of drug-likeness (QED) is 0.695. The zero-order chi connectivity index (χ0) is 15.4. The van der Waals surface area contributed by atoms with Crippen molar-refractivity contribution in [3.8, 4) is 11.4 Å². The fraction of sp³-hybridized carbons (Fsp3) is 0.400. The highest BCUT2D eigenvalue weighted by molar-refractivity contribution is 5.93. The zero-order valence-corrected chi connectivity index (χ0v) is 12.1. The lowest BCUT2D eigenvalue weighted by Crippen LogP contribution is -2.46. The highest BCUT2D eigenvalue weighted by Crippen LogP contribution is 2.23. The van der Waals surface area contributed by atoms with E-state index < -0.39 is 6.10 Å². The summed E-state index contributed by atoms with van der Waals surface area (Å²) in [6.45, 7) is 0. The third-order valence-corrected chi connectivity index (χ3v) is 3.85. The van der Waals surface area contributed by atoms with Gasteiger partial charge in [-0.25, -0.2) is 4.79 Å². The summed E-state index contributed by atoms with van der Waals surface area (Å²) in [5.41, 5.74) is 1.91. The van der Waals surface area contributed by atoms with Crippen LogP contribution in [0.3, 0.4) is 0 Å². The molecule has 0 aromatic carbocycles. The molecule has 2 aromatic rings. The first kappa shape index (κ1) is 14.5. The second kappa shape index (κ2) is 6.57. The zero-order valence-electron chi connectivity index (χ0n) is 12.1. The Morgan fingerprint density at radius 1 is 1.32 bits per heavy atom. The summed E-state index contributed by atoms with van der Waals surface area (Å²) in [6.07, 6.45) is 6.31. The van der Waals surface area contributed by atoms with Crippen molar-refractivity contribution < 1.29 is 9.90 Å². The van der Waals surface area contributed by atoms with Gasteiger partial charge in [0.1, 0.15) is 5.69 Å². The van der Waals surface area contributed by atoms with Crippen LogP contribution >= 0.6 is 0 Å². The molecular weight excluding hydrogens is 282 g/mol. The number of aliphatic hydroxyl groups excluding tert-OH is 1. The highest BCUT2D eigenvalue weighted by Gasteiger charge is 2.24. The summed E-state index contributed by atoms with van der Waals surface area (Å²) < 4.78 is 0. The van der Waals surface area contributed by atoms with Crippen molar-refractivity contribution in [2.24, 2.45) is 0 Å². The van der Waals surface area contributed by atoms with E-state index in [1.807, 2.05) is 18.2 Å². The van der Waals surface area contributed by atoms with E-state index in [1.165, 1.54) is 0 Å². The van der Waals surface area contributed by atoms with E-state index >= 15 is 0 Å². The number of hydrogen-bond acceptors (Lipinski definition) is 4. The van der Waals surface area contributed by atoms with E-state index in [9.17, 15) is 9.90 Å². The number of aliphatic hydroxyl groups is 1. The lowest BCUT2D eigenvalue weighted by atomic mass is 9.93. The maximum Gasteiger partial charge on any atom is 0.319 e. The summed E-state index contributed by atoms with van der Waals surface area (Å²) in [6, 6.07) is 4.99. The molecule has 2 unspecified atom stereocenters. The first-order chi connectivity index (χ1) is 10.7. The number of hydrogen-bond donors (Lipinski definition) is 4. The van der Waals surface area contributed by atoms with Crippen LogP contribution in [0.4, 0.5) is 10.5 Å². The minimum Gasteiger partial charge on any atom is -0.391 e. The SMILES string of the molecule is O=C(Nc1cn[nH]c1-c1ccccn1)NC1CCCCC1O. The van der Waals surface area contributed by atoms with E-state index in [4.69, 9.17) is 0 Å². The van der Waals surface area contributed by atoms with Gasteiger partial charge >= 0.3 is 6.03 Å². The van der Waals surface area contributed by atoms with Gasteiger partial charge in [-0.3, -0.25) is 10.1 Å². The number of pyridine rings is 1. The fourth-order valence-electron chi connectivity index (χ4n) is 2.69. The first-order valence-electron chi connectivity index (χ1n) is 7.44. The minimum atomic E-state index is -0.473. The molecule has 1 aliphatic rings. The Labute approximate surface area is 128 Å². The van der Waals surface area contributed by atoms with Crippen LogP contribution in [-0.4, -0.2) is 38.5 Å². The molecule has 116 valence electrons. The van der Waals surface area contributed by atoms with Gasteiger partial charge in [-0.2, -0.15) is 5.10 Å². The van der Waals surface area contributed by atoms with Crippen LogP contribution < -0.4 is 10.6 Å². The number of aromatic nitrogens is 3. The van der Waals surface area contributed by atoms with Crippen LogP contribution in [0, 0.1) is 0 Å². The molecular formula is C15H19N5O2. The van der Waals surface area contributed by atoms with Crippen molar-refractivity contribution in [2.75, 3.05) is 5.32 Å². The van der Waals surface area contributed by atoms with Crippen LogP contribution in [0.2, 0.25) is 0 Å². The van der Waals surface area contributed by atoms with E-state index in [1.54, 1.807) is 12.4 Å². The van der Waals surface area contributed by atoms with Crippen molar-refractivity contribution in [1.82, 2.24) is 20.5 Å². The number of nitrogens with zero attached hydrogens (tertiary/aromatic N) is 2. The average molecular weight is 301 g/mol. The topological polar surface area (TPSA) is 103 Å². The Balaban J connectivity index is 1.66. The molecule has 1 saturated carbocycles. The van der Waals surface area contributed by atoms with Gasteiger partial charge < -0.3 is 15.7 Å². The van der Waals surface area contributed by atoms with Crippen molar-refractivity contribution in [3.63, 3.8) is 0 Å². The van der Waals surface area contributed by atoms with Gasteiger partial charge in [0.05, 0.1) is 29.7 Å². The van der Waals surface area contributed by atoms with E-state index in [0.717, 1.165) is 25.7 Å². The predicted octanol–water partition coefficient (Wildman–Crippen LogP) is 1.90. The number of nitrogens with one attached hydrogen (secondary N) is 3. The Bertz CT molecular complexity index is 628. The number of rotatable bonds is 3. The maximum absolute atomic E-state index is 12.1. The molecule has 1 aliphatic carbocycles. The Morgan fingerprint density at radius 2 is 2.18 bits per heavy atom. The molecule has 2 heterocycles. The molecule has 2 aromatic heterocycles. The second-order valence-electron chi connectivity index (χ2n) is 5.43. The van der Waals surface area contributed by atoms with Gasteiger partial charge in [-0.05, 0) is 25.0 Å². The van der Waals surface area contributed by atoms with Gasteiger partial charge in [0.15, 0.2) is 0 Å². The van der Waals surface area contributed by atoms with E-state index in [2.05, 4.69) is 25.8 Å². The standard InChI is InChI=1S/C15H19N5O2/c21-13-7-2-1-5-10(13)18-15(22)19-12-9-17-20-14(12)11-6-3-4-8-16-11/h3-4,6,8-10,13,21H,1-2,5,7H2,(H,17,20)(H2,18,19,22). The van der Waals surface area contributed by atoms with Crippen LogP contribution in [0.15, 0.2) is 30.6 Å². The highest BCUT2D eigenvalue weighted by atomic mass is 16.3. The molecule has 2 atom stereocenters. The molecule has 0 aliphatic heterocycles. The summed E-state index contributed by atoms with van der Waals surface area (Å²) in [5.74, 6) is 0. The van der Waals surface area contributed by atoms with Gasteiger partial charge in [-0.15, -0.1) is 0 Å². The smallest absolute Gasteiger partial charge is 0.319 e. The van der Waals surface area contributed by atoms with Gasteiger partial charge in [0, 0.05) is 6.20 Å². The molecule has 3 rings (SSSR count). The van der Waals surface area contributed by atoms with Gasteiger partial charge in [0.2, 0.25) is 0 Å². The Morgan fingerprint density at radius 3 is 2.95 bits per heavy atom. The Hall–Kier alpha value is -2.41. The molecule has 0 spiro atoms. The number of amides is 2. The number of anilines is 1. The van der Waals surface area contributed by atoms with Crippen molar-refractivity contribution in [3.05, 3.63) is 30.6 Å². The average Bonchev–Trinajstić information content (AvgIpc) is 2.98. The lowest BCUT2D eigenvalue weighted by Gasteiger charge is -2.28. The van der Waals surface area contributed by atoms with Gasteiger partial charge in [-0.1, -0.05) is 18.9 Å². The maximum atomic E-state index is 12.1. The van der Waals surface area contributed by atoms with Crippen molar-refractivity contribution in [2.45, 2.75) is 37.8 Å². The van der Waals surface area contributed by atoms with Crippen molar-refractivity contribution >= 4 is 11.7 Å². The molecule has 7 heteroatoms. The van der Waals surface area contributed by atoms with Gasteiger partial charge in [0.25, 0.3) is 0 Å². The second-order valence-corrected chi connectivity index (χ2v) is 5.43. The fourth-order valence-corrected chi connectivity index (χ4v) is 2.69. The summed E-state index contributed by atoms with van der Waals surface area (Å²) in [5, 5.41) is 22.3. The summed E-state index contributed by atoms with van der Waals surface area (Å²) in [7, 11) is 0. The number of H-pyrrole nitrogens is 1. The van der Waals surface area contributed by atoms with Crippen LogP contribution in [0.1, 0.15) is 25.7 Å². The molecule has 0 radical (unpaired) electrons. The minimum absolute atomic E-state index is 0.195. The third-order valence-electron chi connectivity index (χ3n) is 3.85. The monoisotopic (exact) mass is 301 g/mol. The predicted molar refractivity (Wildman–Crippen MR) is 82.2 cm³/mol. The molecule has 22 heavy (non-hydrogen) atoms. The largest absolute Gasteiger partial charge is 0.391 e. The molecule has 4 N–H and O–H groups in total. The molecule has 0 saturated heterocycles. The van der Waals surface area contributed by atoms with E-state index in [0.29, 0.717) is 17.1 Å².